The minimum atomic E-state index is -3.68. The Morgan fingerprint density at radius 2 is 1.58 bits per heavy atom. The van der Waals surface area contributed by atoms with Gasteiger partial charge in [-0.25, -0.2) is 8.42 Å². The van der Waals surface area contributed by atoms with E-state index in [1.807, 2.05) is 13.0 Å². The van der Waals surface area contributed by atoms with Gasteiger partial charge < -0.3 is 10.6 Å². The molecule has 3 aromatic rings. The molecule has 0 aliphatic heterocycles. The van der Waals surface area contributed by atoms with Crippen LogP contribution in [0.2, 0.25) is 0 Å². The zero-order valence-corrected chi connectivity index (χ0v) is 17.9. The zero-order chi connectivity index (χ0) is 22.4. The second kappa shape index (κ2) is 9.32. The molecular formula is C23H22N4O3S. The van der Waals surface area contributed by atoms with Crippen molar-refractivity contribution in [2.45, 2.75) is 24.8 Å². The summed E-state index contributed by atoms with van der Waals surface area (Å²) < 4.78 is 27.5. The molecule has 3 N–H and O–H groups in total. The van der Waals surface area contributed by atoms with E-state index in [1.54, 1.807) is 79.7 Å². The highest BCUT2D eigenvalue weighted by molar-refractivity contribution is 7.92. The molecule has 3 aromatic carbocycles. The van der Waals surface area contributed by atoms with Crippen molar-refractivity contribution in [3.8, 4) is 6.07 Å². The standard InChI is InChI=1S/C23H22N4O3S/c1-16-6-12-22(13-7-16)31(29,30)27-20-10-8-19(9-11-20)25-17(2)23(28)26-21-5-3-4-18(14-21)15-24/h3-14,17,25,27H,1-2H3,(H,26,28). The van der Waals surface area contributed by atoms with Gasteiger partial charge in [0.05, 0.1) is 16.5 Å². The SMILES string of the molecule is Cc1ccc(S(=O)(=O)Nc2ccc(NC(C)C(=O)Nc3cccc(C#N)c3)cc2)cc1. The van der Waals surface area contributed by atoms with E-state index in [1.165, 1.54) is 0 Å². The van der Waals surface area contributed by atoms with Gasteiger partial charge in [0, 0.05) is 17.1 Å². The summed E-state index contributed by atoms with van der Waals surface area (Å²) in [5.74, 6) is -0.265. The number of carbonyl (C=O) groups excluding carboxylic acids is 1. The average Bonchev–Trinajstić information content (AvgIpc) is 2.75. The van der Waals surface area contributed by atoms with Crippen LogP contribution in [0, 0.1) is 18.3 Å². The number of hydrogen-bond donors (Lipinski definition) is 3. The van der Waals surface area contributed by atoms with Crippen LogP contribution in [0.3, 0.4) is 0 Å². The van der Waals surface area contributed by atoms with Crippen molar-refractivity contribution in [1.29, 1.82) is 5.26 Å². The van der Waals surface area contributed by atoms with Crippen LogP contribution in [0.5, 0.6) is 0 Å². The third kappa shape index (κ3) is 5.84. The topological polar surface area (TPSA) is 111 Å². The van der Waals surface area contributed by atoms with Crippen molar-refractivity contribution in [3.63, 3.8) is 0 Å². The second-order valence-electron chi connectivity index (χ2n) is 7.04. The smallest absolute Gasteiger partial charge is 0.261 e. The molecule has 1 atom stereocenters. The van der Waals surface area contributed by atoms with Crippen LogP contribution in [0.1, 0.15) is 18.1 Å². The zero-order valence-electron chi connectivity index (χ0n) is 17.1. The Kier molecular flexibility index (Phi) is 6.58. The number of sulfonamides is 1. The molecule has 0 aliphatic carbocycles. The van der Waals surface area contributed by atoms with E-state index in [4.69, 9.17) is 5.26 Å². The molecule has 7 nitrogen and oxygen atoms in total. The molecule has 0 saturated heterocycles. The second-order valence-corrected chi connectivity index (χ2v) is 8.73. The molecule has 0 bridgehead atoms. The lowest BCUT2D eigenvalue weighted by Crippen LogP contribution is -2.31. The molecule has 0 saturated carbocycles. The van der Waals surface area contributed by atoms with Gasteiger partial charge in [0.15, 0.2) is 0 Å². The summed E-state index contributed by atoms with van der Waals surface area (Å²) in [6, 6.07) is 21.3. The number of nitriles is 1. The van der Waals surface area contributed by atoms with Gasteiger partial charge in [0.1, 0.15) is 6.04 Å². The first kappa shape index (κ1) is 21.9. The molecule has 1 amide bonds. The summed E-state index contributed by atoms with van der Waals surface area (Å²) in [7, 11) is -3.68. The predicted molar refractivity (Wildman–Crippen MR) is 121 cm³/mol. The number of hydrogen-bond acceptors (Lipinski definition) is 5. The number of nitrogens with one attached hydrogen (secondary N) is 3. The van der Waals surface area contributed by atoms with E-state index in [0.29, 0.717) is 22.6 Å². The van der Waals surface area contributed by atoms with Gasteiger partial charge in [-0.1, -0.05) is 23.8 Å². The van der Waals surface area contributed by atoms with Crippen LogP contribution < -0.4 is 15.4 Å². The van der Waals surface area contributed by atoms with Crippen LogP contribution in [0.25, 0.3) is 0 Å². The number of rotatable bonds is 7. The van der Waals surface area contributed by atoms with E-state index in [2.05, 4.69) is 15.4 Å². The van der Waals surface area contributed by atoms with Crippen molar-refractivity contribution in [3.05, 3.63) is 83.9 Å². The summed E-state index contributed by atoms with van der Waals surface area (Å²) in [6.07, 6.45) is 0. The van der Waals surface area contributed by atoms with E-state index < -0.39 is 16.1 Å². The summed E-state index contributed by atoms with van der Waals surface area (Å²) >= 11 is 0. The molecule has 0 heterocycles. The van der Waals surface area contributed by atoms with Gasteiger partial charge in [0.2, 0.25) is 5.91 Å². The number of benzene rings is 3. The van der Waals surface area contributed by atoms with E-state index >= 15 is 0 Å². The maximum atomic E-state index is 12.5. The quantitative estimate of drug-likeness (QED) is 0.518. The minimum Gasteiger partial charge on any atom is -0.374 e. The highest BCUT2D eigenvalue weighted by Crippen LogP contribution is 2.19. The molecule has 3 rings (SSSR count). The summed E-state index contributed by atoms with van der Waals surface area (Å²) in [4.78, 5) is 12.6. The van der Waals surface area contributed by atoms with Crippen LogP contribution in [-0.4, -0.2) is 20.4 Å². The van der Waals surface area contributed by atoms with Crippen LogP contribution in [-0.2, 0) is 14.8 Å². The lowest BCUT2D eigenvalue weighted by molar-refractivity contribution is -0.116. The molecule has 8 heteroatoms. The van der Waals surface area contributed by atoms with Gasteiger partial charge in [-0.2, -0.15) is 5.26 Å². The largest absolute Gasteiger partial charge is 0.374 e. The van der Waals surface area contributed by atoms with Gasteiger partial charge in [-0.15, -0.1) is 0 Å². The highest BCUT2D eigenvalue weighted by atomic mass is 32.2. The van der Waals surface area contributed by atoms with Crippen LogP contribution in [0.4, 0.5) is 17.1 Å². The maximum Gasteiger partial charge on any atom is 0.261 e. The Hall–Kier alpha value is -3.83. The van der Waals surface area contributed by atoms with Crippen molar-refractivity contribution in [2.24, 2.45) is 0 Å². The summed E-state index contributed by atoms with van der Waals surface area (Å²) in [6.45, 7) is 3.59. The fourth-order valence-corrected chi connectivity index (χ4v) is 3.86. The minimum absolute atomic E-state index is 0.186. The van der Waals surface area contributed by atoms with E-state index in [-0.39, 0.29) is 10.8 Å². The van der Waals surface area contributed by atoms with E-state index in [0.717, 1.165) is 5.56 Å². The van der Waals surface area contributed by atoms with Gasteiger partial charge >= 0.3 is 0 Å². The van der Waals surface area contributed by atoms with Crippen molar-refractivity contribution in [1.82, 2.24) is 0 Å². The Labute approximate surface area is 181 Å². The Morgan fingerprint density at radius 1 is 0.935 bits per heavy atom. The maximum absolute atomic E-state index is 12.5. The molecule has 0 aromatic heterocycles. The highest BCUT2D eigenvalue weighted by Gasteiger charge is 2.15. The summed E-state index contributed by atoms with van der Waals surface area (Å²) in [5, 5.41) is 14.8. The predicted octanol–water partition coefficient (Wildman–Crippen LogP) is 4.11. The Balaban J connectivity index is 1.61. The first-order chi connectivity index (χ1) is 14.8. The van der Waals surface area contributed by atoms with E-state index in [9.17, 15) is 13.2 Å². The van der Waals surface area contributed by atoms with Crippen molar-refractivity contribution in [2.75, 3.05) is 15.4 Å². The third-order valence-electron chi connectivity index (χ3n) is 4.50. The molecule has 0 radical (unpaired) electrons. The molecule has 0 spiro atoms. The first-order valence-corrected chi connectivity index (χ1v) is 11.0. The van der Waals surface area contributed by atoms with Crippen LogP contribution in [0.15, 0.2) is 77.7 Å². The number of aryl methyl sites for hydroxylation is 1. The molecule has 0 aliphatic rings. The van der Waals surface area contributed by atoms with Crippen molar-refractivity contribution >= 4 is 33.0 Å². The number of anilines is 3. The monoisotopic (exact) mass is 434 g/mol. The third-order valence-corrected chi connectivity index (χ3v) is 5.90. The van der Waals surface area contributed by atoms with Crippen molar-refractivity contribution < 1.29 is 13.2 Å². The molecular weight excluding hydrogens is 412 g/mol. The molecule has 1 unspecified atom stereocenters. The molecule has 0 fully saturated rings. The Bertz CT molecular complexity index is 1210. The van der Waals surface area contributed by atoms with Gasteiger partial charge in [-0.3, -0.25) is 9.52 Å². The Morgan fingerprint density at radius 3 is 2.23 bits per heavy atom. The van der Waals surface area contributed by atoms with Crippen LogP contribution >= 0.6 is 0 Å². The summed E-state index contributed by atoms with van der Waals surface area (Å²) in [5.41, 5.74) is 3.05. The number of nitrogens with zero attached hydrogens (tertiary/aromatic N) is 1. The number of carbonyl (C=O) groups is 1. The van der Waals surface area contributed by atoms with Gasteiger partial charge in [0.25, 0.3) is 10.0 Å². The first-order valence-electron chi connectivity index (χ1n) is 9.54. The average molecular weight is 435 g/mol. The normalized spacial score (nSPS) is 11.8. The fraction of sp³-hybridized carbons (Fsp3) is 0.130. The molecule has 31 heavy (non-hydrogen) atoms. The molecule has 158 valence electrons. The lowest BCUT2D eigenvalue weighted by atomic mass is 10.2. The van der Waals surface area contributed by atoms with Gasteiger partial charge in [-0.05, 0) is 68.4 Å². The lowest BCUT2D eigenvalue weighted by Gasteiger charge is -2.16. The number of amides is 1. The fourth-order valence-electron chi connectivity index (χ4n) is 2.80.